The highest BCUT2D eigenvalue weighted by molar-refractivity contribution is 7.92. The van der Waals surface area contributed by atoms with Gasteiger partial charge in [0.2, 0.25) is 21.8 Å². The topological polar surface area (TPSA) is 86.8 Å². The van der Waals surface area contributed by atoms with E-state index in [1.54, 1.807) is 11.0 Å². The number of benzene rings is 3. The van der Waals surface area contributed by atoms with Crippen LogP contribution in [0.15, 0.2) is 72.8 Å². The monoisotopic (exact) mass is 611 g/mol. The van der Waals surface area contributed by atoms with Gasteiger partial charge in [-0.2, -0.15) is 0 Å². The van der Waals surface area contributed by atoms with Gasteiger partial charge in [0.15, 0.2) is 0 Å². The Morgan fingerprint density at radius 3 is 2.17 bits per heavy atom. The van der Waals surface area contributed by atoms with Gasteiger partial charge in [-0.3, -0.25) is 13.9 Å². The Bertz CT molecular complexity index is 1440. The number of carbonyl (C=O) groups excluding carboxylic acids is 2. The van der Waals surface area contributed by atoms with Gasteiger partial charge in [0.25, 0.3) is 0 Å². The number of rotatable bonds is 14. The molecule has 226 valence electrons. The largest absolute Gasteiger partial charge is 0.352 e. The van der Waals surface area contributed by atoms with Crippen molar-refractivity contribution in [1.29, 1.82) is 0 Å². The van der Waals surface area contributed by atoms with Crippen molar-refractivity contribution in [3.8, 4) is 0 Å². The van der Waals surface area contributed by atoms with Crippen LogP contribution in [0.4, 0.5) is 5.69 Å². The van der Waals surface area contributed by atoms with Gasteiger partial charge in [0, 0.05) is 37.0 Å². The zero-order valence-electron chi connectivity index (χ0n) is 25.1. The van der Waals surface area contributed by atoms with Crippen molar-refractivity contribution >= 4 is 39.1 Å². The van der Waals surface area contributed by atoms with Gasteiger partial charge < -0.3 is 10.2 Å². The Morgan fingerprint density at radius 1 is 0.952 bits per heavy atom. The van der Waals surface area contributed by atoms with E-state index in [9.17, 15) is 18.0 Å². The van der Waals surface area contributed by atoms with Gasteiger partial charge in [-0.05, 0) is 74.1 Å². The molecule has 0 aliphatic carbocycles. The first kappa shape index (κ1) is 33.1. The lowest BCUT2D eigenvalue weighted by molar-refractivity contribution is -0.141. The summed E-state index contributed by atoms with van der Waals surface area (Å²) in [5.74, 6) is -0.481. The van der Waals surface area contributed by atoms with Crippen LogP contribution in [-0.4, -0.2) is 50.0 Å². The quantitative estimate of drug-likeness (QED) is 0.240. The van der Waals surface area contributed by atoms with E-state index in [2.05, 4.69) is 5.32 Å². The molecule has 3 rings (SSSR count). The minimum absolute atomic E-state index is 0.0587. The predicted molar refractivity (Wildman–Crippen MR) is 171 cm³/mol. The number of aryl methyl sites for hydroxylation is 2. The molecule has 0 aliphatic heterocycles. The second kappa shape index (κ2) is 15.2. The minimum Gasteiger partial charge on any atom is -0.352 e. The lowest BCUT2D eigenvalue weighted by Crippen LogP contribution is -2.52. The smallest absolute Gasteiger partial charge is 0.243 e. The van der Waals surface area contributed by atoms with Crippen molar-refractivity contribution in [3.05, 3.63) is 100 Å². The molecule has 1 N–H and O–H groups in total. The summed E-state index contributed by atoms with van der Waals surface area (Å²) in [6.45, 7) is 8.05. The molecule has 2 atom stereocenters. The van der Waals surface area contributed by atoms with Gasteiger partial charge >= 0.3 is 0 Å². The first-order chi connectivity index (χ1) is 19.9. The summed E-state index contributed by atoms with van der Waals surface area (Å²) in [4.78, 5) is 29.2. The van der Waals surface area contributed by atoms with Crippen molar-refractivity contribution in [2.45, 2.75) is 72.0 Å². The fourth-order valence-corrected chi connectivity index (χ4v) is 6.05. The standard InChI is InChI=1S/C33H42ClN3O4S/c1-6-26(4)35-33(39)31(22-27-13-8-7-9-14-27)36(23-28-15-10-11-16-30(28)34)32(38)17-12-18-37(42(5,40)41)29-20-24(2)19-25(3)21-29/h7-11,13-16,19-21,26,31H,6,12,17-18,22-23H2,1-5H3,(H,35,39)/t26-,31-/m1/s1. The third-order valence-electron chi connectivity index (χ3n) is 7.22. The highest BCUT2D eigenvalue weighted by atomic mass is 35.5. The number of sulfonamides is 1. The molecule has 0 bridgehead atoms. The lowest BCUT2D eigenvalue weighted by Gasteiger charge is -2.33. The molecule has 0 spiro atoms. The first-order valence-corrected chi connectivity index (χ1v) is 16.5. The average molecular weight is 612 g/mol. The summed E-state index contributed by atoms with van der Waals surface area (Å²) < 4.78 is 26.8. The Labute approximate surface area is 255 Å². The predicted octanol–water partition coefficient (Wildman–Crippen LogP) is 6.06. The molecular formula is C33H42ClN3O4S. The van der Waals surface area contributed by atoms with Gasteiger partial charge in [0.1, 0.15) is 6.04 Å². The van der Waals surface area contributed by atoms with Crippen molar-refractivity contribution in [3.63, 3.8) is 0 Å². The van der Waals surface area contributed by atoms with Crippen molar-refractivity contribution in [2.75, 3.05) is 17.1 Å². The van der Waals surface area contributed by atoms with E-state index in [0.29, 0.717) is 17.1 Å². The maximum absolute atomic E-state index is 14.0. The van der Waals surface area contributed by atoms with Crippen LogP contribution < -0.4 is 9.62 Å². The summed E-state index contributed by atoms with van der Waals surface area (Å²) >= 11 is 6.50. The minimum atomic E-state index is -3.58. The van der Waals surface area contributed by atoms with E-state index in [1.165, 1.54) is 10.6 Å². The molecule has 0 saturated heterocycles. The molecule has 0 aromatic heterocycles. The van der Waals surface area contributed by atoms with Crippen LogP contribution in [0.3, 0.4) is 0 Å². The van der Waals surface area contributed by atoms with Crippen LogP contribution in [0, 0.1) is 13.8 Å². The molecule has 3 aromatic rings. The zero-order chi connectivity index (χ0) is 30.9. The first-order valence-electron chi connectivity index (χ1n) is 14.3. The maximum atomic E-state index is 14.0. The van der Waals surface area contributed by atoms with Gasteiger partial charge in [0.05, 0.1) is 11.9 Å². The SMILES string of the molecule is CC[C@@H](C)NC(=O)[C@@H](Cc1ccccc1)N(Cc1ccccc1Cl)C(=O)CCCN(c1cc(C)cc(C)c1)S(C)(=O)=O. The molecule has 42 heavy (non-hydrogen) atoms. The van der Waals surface area contributed by atoms with Gasteiger partial charge in [-0.1, -0.05) is 73.1 Å². The second-order valence-corrected chi connectivity index (χ2v) is 13.2. The van der Waals surface area contributed by atoms with E-state index < -0.39 is 16.1 Å². The van der Waals surface area contributed by atoms with E-state index in [4.69, 9.17) is 11.6 Å². The molecule has 0 saturated carbocycles. The number of nitrogens with one attached hydrogen (secondary N) is 1. The molecule has 7 nitrogen and oxygen atoms in total. The zero-order valence-corrected chi connectivity index (χ0v) is 26.7. The Balaban J connectivity index is 1.91. The lowest BCUT2D eigenvalue weighted by atomic mass is 10.0. The number of carbonyl (C=O) groups is 2. The molecule has 0 unspecified atom stereocenters. The van der Waals surface area contributed by atoms with Crippen molar-refractivity contribution < 1.29 is 18.0 Å². The Morgan fingerprint density at radius 2 is 1.57 bits per heavy atom. The Hall–Kier alpha value is -3.36. The number of halogens is 1. The van der Waals surface area contributed by atoms with Gasteiger partial charge in [-0.15, -0.1) is 0 Å². The van der Waals surface area contributed by atoms with Crippen LogP contribution in [-0.2, 0) is 32.6 Å². The molecule has 0 aliphatic rings. The number of hydrogen-bond donors (Lipinski definition) is 1. The summed E-state index contributed by atoms with van der Waals surface area (Å²) in [7, 11) is -3.58. The molecule has 9 heteroatoms. The van der Waals surface area contributed by atoms with Crippen LogP contribution in [0.2, 0.25) is 5.02 Å². The van der Waals surface area contributed by atoms with Gasteiger partial charge in [-0.25, -0.2) is 8.42 Å². The van der Waals surface area contributed by atoms with Crippen LogP contribution in [0.5, 0.6) is 0 Å². The summed E-state index contributed by atoms with van der Waals surface area (Å²) in [6.07, 6.45) is 2.59. The number of anilines is 1. The van der Waals surface area contributed by atoms with E-state index >= 15 is 0 Å². The molecule has 0 radical (unpaired) electrons. The number of nitrogens with zero attached hydrogens (tertiary/aromatic N) is 2. The fourth-order valence-electron chi connectivity index (χ4n) is 4.90. The number of hydrogen-bond acceptors (Lipinski definition) is 4. The second-order valence-electron chi connectivity index (χ2n) is 10.9. The molecule has 0 fully saturated rings. The Kier molecular flexibility index (Phi) is 12.0. The summed E-state index contributed by atoms with van der Waals surface area (Å²) in [5.41, 5.74) is 4.14. The highest BCUT2D eigenvalue weighted by Gasteiger charge is 2.31. The van der Waals surface area contributed by atoms with Crippen LogP contribution in [0.1, 0.15) is 55.4 Å². The maximum Gasteiger partial charge on any atom is 0.243 e. The highest BCUT2D eigenvalue weighted by Crippen LogP contribution is 2.24. The molecule has 0 heterocycles. The van der Waals surface area contributed by atoms with E-state index in [-0.39, 0.29) is 43.8 Å². The van der Waals surface area contributed by atoms with Crippen LogP contribution in [0.25, 0.3) is 0 Å². The van der Waals surface area contributed by atoms with Crippen molar-refractivity contribution in [2.24, 2.45) is 0 Å². The molecule has 3 aromatic carbocycles. The normalized spacial score (nSPS) is 12.8. The van der Waals surface area contributed by atoms with E-state index in [1.807, 2.05) is 94.4 Å². The number of amides is 2. The summed E-state index contributed by atoms with van der Waals surface area (Å²) in [5, 5.41) is 3.57. The average Bonchev–Trinajstić information content (AvgIpc) is 2.93. The fraction of sp³-hybridized carbons (Fsp3) is 0.394. The summed E-state index contributed by atoms with van der Waals surface area (Å²) in [6, 6.07) is 21.7. The van der Waals surface area contributed by atoms with Crippen LogP contribution >= 0.6 is 11.6 Å². The third kappa shape index (κ3) is 9.60. The molecular weight excluding hydrogens is 570 g/mol. The molecule has 2 amide bonds. The van der Waals surface area contributed by atoms with E-state index in [0.717, 1.165) is 28.7 Å². The third-order valence-corrected chi connectivity index (χ3v) is 8.78. The van der Waals surface area contributed by atoms with Crippen molar-refractivity contribution in [1.82, 2.24) is 10.2 Å².